The molecule has 0 radical (unpaired) electrons. The Kier molecular flexibility index (Phi) is 2.93. The van der Waals surface area contributed by atoms with E-state index < -0.39 is 0 Å². The summed E-state index contributed by atoms with van der Waals surface area (Å²) >= 11 is 1.60. The molecule has 0 spiro atoms. The Bertz CT molecular complexity index is 246. The van der Waals surface area contributed by atoms with Crippen LogP contribution in [0.4, 0.5) is 0 Å². The molecule has 4 heteroatoms. The van der Waals surface area contributed by atoms with Gasteiger partial charge in [-0.2, -0.15) is 0 Å². The summed E-state index contributed by atoms with van der Waals surface area (Å²) in [5.74, 6) is 0.558. The quantitative estimate of drug-likeness (QED) is 0.742. The molecule has 0 aliphatic heterocycles. The summed E-state index contributed by atoms with van der Waals surface area (Å²) < 4.78 is 0. The summed E-state index contributed by atoms with van der Waals surface area (Å²) in [4.78, 5) is 4.15. The van der Waals surface area contributed by atoms with E-state index in [1.807, 2.05) is 10.9 Å². The summed E-state index contributed by atoms with van der Waals surface area (Å²) in [6.07, 6.45) is 2.23. The Labute approximate surface area is 81.8 Å². The molecule has 1 fully saturated rings. The van der Waals surface area contributed by atoms with Gasteiger partial charge in [-0.05, 0) is 18.8 Å². The highest BCUT2D eigenvalue weighted by Gasteiger charge is 2.28. The Morgan fingerprint density at radius 2 is 2.54 bits per heavy atom. The molecule has 72 valence electrons. The molecule has 1 heterocycles. The fourth-order valence-electron chi connectivity index (χ4n) is 1.32. The highest BCUT2D eigenvalue weighted by molar-refractivity contribution is 7.07. The molecule has 1 saturated carbocycles. The SMILES string of the molecule is OC(CNCc1cscn1)C1CC1. The van der Waals surface area contributed by atoms with E-state index in [4.69, 9.17) is 0 Å². The highest BCUT2D eigenvalue weighted by atomic mass is 32.1. The topological polar surface area (TPSA) is 45.1 Å². The average Bonchev–Trinajstić information content (AvgIpc) is 2.86. The van der Waals surface area contributed by atoms with E-state index in [1.54, 1.807) is 11.3 Å². The van der Waals surface area contributed by atoms with Crippen molar-refractivity contribution in [3.8, 4) is 0 Å². The van der Waals surface area contributed by atoms with E-state index in [0.29, 0.717) is 12.5 Å². The lowest BCUT2D eigenvalue weighted by atomic mass is 10.2. The van der Waals surface area contributed by atoms with Crippen molar-refractivity contribution in [2.75, 3.05) is 6.54 Å². The van der Waals surface area contributed by atoms with Gasteiger partial charge in [0.15, 0.2) is 0 Å². The number of nitrogens with one attached hydrogen (secondary N) is 1. The molecular formula is C9H14N2OS. The minimum atomic E-state index is -0.154. The van der Waals surface area contributed by atoms with E-state index in [0.717, 1.165) is 12.2 Å². The van der Waals surface area contributed by atoms with Crippen molar-refractivity contribution in [3.63, 3.8) is 0 Å². The van der Waals surface area contributed by atoms with Crippen LogP contribution in [0.5, 0.6) is 0 Å². The number of nitrogens with zero attached hydrogens (tertiary/aromatic N) is 1. The molecule has 13 heavy (non-hydrogen) atoms. The lowest BCUT2D eigenvalue weighted by molar-refractivity contribution is 0.148. The summed E-state index contributed by atoms with van der Waals surface area (Å²) in [7, 11) is 0. The van der Waals surface area contributed by atoms with Crippen molar-refractivity contribution in [2.45, 2.75) is 25.5 Å². The van der Waals surface area contributed by atoms with Crippen LogP contribution in [-0.4, -0.2) is 22.7 Å². The van der Waals surface area contributed by atoms with Crippen molar-refractivity contribution in [1.82, 2.24) is 10.3 Å². The van der Waals surface area contributed by atoms with Crippen LogP contribution >= 0.6 is 11.3 Å². The van der Waals surface area contributed by atoms with E-state index in [9.17, 15) is 5.11 Å². The van der Waals surface area contributed by atoms with Crippen molar-refractivity contribution >= 4 is 11.3 Å². The maximum absolute atomic E-state index is 9.54. The molecule has 2 rings (SSSR count). The van der Waals surface area contributed by atoms with Crippen LogP contribution in [-0.2, 0) is 6.54 Å². The van der Waals surface area contributed by atoms with E-state index in [2.05, 4.69) is 10.3 Å². The van der Waals surface area contributed by atoms with Crippen LogP contribution in [0.3, 0.4) is 0 Å². The second kappa shape index (κ2) is 4.17. The minimum absolute atomic E-state index is 0.154. The summed E-state index contributed by atoms with van der Waals surface area (Å²) in [5.41, 5.74) is 2.89. The Balaban J connectivity index is 1.63. The Hall–Kier alpha value is -0.450. The first-order chi connectivity index (χ1) is 6.36. The van der Waals surface area contributed by atoms with Gasteiger partial charge < -0.3 is 10.4 Å². The third-order valence-electron chi connectivity index (χ3n) is 2.31. The number of aromatic nitrogens is 1. The first-order valence-corrected chi connectivity index (χ1v) is 5.56. The molecule has 3 nitrogen and oxygen atoms in total. The zero-order valence-electron chi connectivity index (χ0n) is 7.44. The molecule has 1 aromatic rings. The first-order valence-electron chi connectivity index (χ1n) is 4.62. The molecule has 1 aliphatic carbocycles. The van der Waals surface area contributed by atoms with Gasteiger partial charge in [-0.3, -0.25) is 0 Å². The maximum atomic E-state index is 9.54. The van der Waals surface area contributed by atoms with Crippen LogP contribution in [0, 0.1) is 5.92 Å². The standard InChI is InChI=1S/C9H14N2OS/c12-9(7-1-2-7)4-10-3-8-5-13-6-11-8/h5-7,9-10,12H,1-4H2. The molecule has 1 unspecified atom stereocenters. The van der Waals surface area contributed by atoms with E-state index in [1.165, 1.54) is 12.8 Å². The molecule has 0 saturated heterocycles. The van der Waals surface area contributed by atoms with Crippen LogP contribution in [0.1, 0.15) is 18.5 Å². The number of rotatable bonds is 5. The Morgan fingerprint density at radius 1 is 1.69 bits per heavy atom. The predicted octanol–water partition coefficient (Wildman–Crippen LogP) is 1.00. The molecule has 1 atom stereocenters. The van der Waals surface area contributed by atoms with Crippen molar-refractivity contribution in [1.29, 1.82) is 0 Å². The van der Waals surface area contributed by atoms with E-state index >= 15 is 0 Å². The van der Waals surface area contributed by atoms with Crippen molar-refractivity contribution in [3.05, 3.63) is 16.6 Å². The van der Waals surface area contributed by atoms with E-state index in [-0.39, 0.29) is 6.10 Å². The zero-order chi connectivity index (χ0) is 9.10. The maximum Gasteiger partial charge on any atom is 0.0795 e. The monoisotopic (exact) mass is 198 g/mol. The van der Waals surface area contributed by atoms with Gasteiger partial charge in [-0.25, -0.2) is 4.98 Å². The van der Waals surface area contributed by atoms with Gasteiger partial charge >= 0.3 is 0 Å². The third-order valence-corrected chi connectivity index (χ3v) is 2.94. The smallest absolute Gasteiger partial charge is 0.0795 e. The fraction of sp³-hybridized carbons (Fsp3) is 0.667. The summed E-state index contributed by atoms with van der Waals surface area (Å²) in [6.45, 7) is 1.47. The number of aliphatic hydroxyl groups is 1. The van der Waals surface area contributed by atoms with Gasteiger partial charge in [0, 0.05) is 18.5 Å². The number of hydrogen-bond acceptors (Lipinski definition) is 4. The lowest BCUT2D eigenvalue weighted by Crippen LogP contribution is -2.27. The van der Waals surface area contributed by atoms with Crippen molar-refractivity contribution in [2.24, 2.45) is 5.92 Å². The second-order valence-electron chi connectivity index (χ2n) is 3.52. The zero-order valence-corrected chi connectivity index (χ0v) is 8.26. The highest BCUT2D eigenvalue weighted by Crippen LogP contribution is 2.32. The van der Waals surface area contributed by atoms with Crippen LogP contribution in [0.25, 0.3) is 0 Å². The largest absolute Gasteiger partial charge is 0.392 e. The van der Waals surface area contributed by atoms with Gasteiger partial charge in [0.05, 0.1) is 17.3 Å². The first kappa shape index (κ1) is 9.12. The fourth-order valence-corrected chi connectivity index (χ4v) is 1.88. The average molecular weight is 198 g/mol. The van der Waals surface area contributed by atoms with Crippen LogP contribution in [0.15, 0.2) is 10.9 Å². The van der Waals surface area contributed by atoms with Gasteiger partial charge in [-0.1, -0.05) is 0 Å². The van der Waals surface area contributed by atoms with Gasteiger partial charge in [-0.15, -0.1) is 11.3 Å². The molecule has 1 aromatic heterocycles. The Morgan fingerprint density at radius 3 is 3.15 bits per heavy atom. The molecule has 1 aliphatic rings. The number of hydrogen-bond donors (Lipinski definition) is 2. The third kappa shape index (κ3) is 2.76. The van der Waals surface area contributed by atoms with Gasteiger partial charge in [0.25, 0.3) is 0 Å². The van der Waals surface area contributed by atoms with Crippen LogP contribution < -0.4 is 5.32 Å². The van der Waals surface area contributed by atoms with Gasteiger partial charge in [0.2, 0.25) is 0 Å². The minimum Gasteiger partial charge on any atom is -0.392 e. The second-order valence-corrected chi connectivity index (χ2v) is 4.23. The number of thiazole rings is 1. The summed E-state index contributed by atoms with van der Waals surface area (Å²) in [5, 5.41) is 14.8. The normalized spacial score (nSPS) is 18.8. The van der Waals surface area contributed by atoms with Gasteiger partial charge in [0.1, 0.15) is 0 Å². The molecular weight excluding hydrogens is 184 g/mol. The molecule has 0 amide bonds. The summed E-state index contributed by atoms with van der Waals surface area (Å²) in [6, 6.07) is 0. The molecule has 0 aromatic carbocycles. The molecule has 0 bridgehead atoms. The lowest BCUT2D eigenvalue weighted by Gasteiger charge is -2.08. The number of aliphatic hydroxyl groups excluding tert-OH is 1. The van der Waals surface area contributed by atoms with Crippen molar-refractivity contribution < 1.29 is 5.11 Å². The predicted molar refractivity (Wildman–Crippen MR) is 52.6 cm³/mol. The molecule has 2 N–H and O–H groups in total. The van der Waals surface area contributed by atoms with Crippen LogP contribution in [0.2, 0.25) is 0 Å².